The maximum absolute atomic E-state index is 12.0. The van der Waals surface area contributed by atoms with Crippen LogP contribution in [0.5, 0.6) is 5.75 Å². The van der Waals surface area contributed by atoms with E-state index in [0.29, 0.717) is 12.3 Å². The number of H-pyrrole nitrogens is 1. The monoisotopic (exact) mass is 315 g/mol. The third-order valence-corrected chi connectivity index (χ3v) is 3.69. The van der Waals surface area contributed by atoms with Gasteiger partial charge >= 0.3 is 0 Å². The summed E-state index contributed by atoms with van der Waals surface area (Å²) in [4.78, 5) is 12.0. The number of carbonyl (C=O) groups excluding carboxylic acids is 1. The summed E-state index contributed by atoms with van der Waals surface area (Å²) in [5.41, 5.74) is 3.83. The lowest BCUT2D eigenvalue weighted by atomic mass is 10.1. The molecule has 1 aromatic heterocycles. The smallest absolute Gasteiger partial charge is 0.224 e. The first-order chi connectivity index (χ1) is 11.0. The Morgan fingerprint density at radius 2 is 1.96 bits per heavy atom. The molecule has 0 radical (unpaired) electrons. The molecule has 0 saturated heterocycles. The number of nitrogens with one attached hydrogen (secondary N) is 2. The van der Waals surface area contributed by atoms with E-state index in [0.717, 1.165) is 35.7 Å². The van der Waals surface area contributed by atoms with Crippen molar-refractivity contribution in [3.8, 4) is 5.75 Å². The molecule has 23 heavy (non-hydrogen) atoms. The van der Waals surface area contributed by atoms with Crippen molar-refractivity contribution >= 4 is 11.6 Å². The molecule has 0 spiro atoms. The van der Waals surface area contributed by atoms with Crippen molar-refractivity contribution in [1.29, 1.82) is 0 Å². The van der Waals surface area contributed by atoms with E-state index < -0.39 is 0 Å². The molecule has 0 atom stereocenters. The summed E-state index contributed by atoms with van der Waals surface area (Å²) in [6, 6.07) is 8.01. The molecule has 124 valence electrons. The quantitative estimate of drug-likeness (QED) is 0.822. The van der Waals surface area contributed by atoms with Crippen LogP contribution in [-0.2, 0) is 17.6 Å². The maximum atomic E-state index is 12.0. The first-order valence-corrected chi connectivity index (χ1v) is 7.96. The Labute approximate surface area is 137 Å². The van der Waals surface area contributed by atoms with Gasteiger partial charge in [0.2, 0.25) is 5.91 Å². The van der Waals surface area contributed by atoms with E-state index in [2.05, 4.69) is 27.6 Å². The summed E-state index contributed by atoms with van der Waals surface area (Å²) < 4.78 is 5.16. The number of rotatable bonds is 7. The largest absolute Gasteiger partial charge is 0.497 e. The Morgan fingerprint density at radius 3 is 2.57 bits per heavy atom. The van der Waals surface area contributed by atoms with E-state index in [1.54, 1.807) is 7.11 Å². The average Bonchev–Trinajstić information content (AvgIpc) is 2.85. The molecule has 1 aromatic carbocycles. The summed E-state index contributed by atoms with van der Waals surface area (Å²) in [7, 11) is 1.66. The van der Waals surface area contributed by atoms with Crippen LogP contribution in [0.25, 0.3) is 0 Å². The minimum Gasteiger partial charge on any atom is -0.497 e. The van der Waals surface area contributed by atoms with Gasteiger partial charge in [0.15, 0.2) is 0 Å². The van der Waals surface area contributed by atoms with Crippen LogP contribution in [0.2, 0.25) is 0 Å². The zero-order chi connectivity index (χ0) is 16.8. The highest BCUT2D eigenvalue weighted by atomic mass is 16.5. The number of aryl methyl sites for hydroxylation is 3. The lowest BCUT2D eigenvalue weighted by Crippen LogP contribution is -2.15. The van der Waals surface area contributed by atoms with E-state index in [1.165, 1.54) is 5.56 Å². The van der Waals surface area contributed by atoms with Crippen molar-refractivity contribution in [2.45, 2.75) is 40.0 Å². The Morgan fingerprint density at radius 1 is 1.26 bits per heavy atom. The first kappa shape index (κ1) is 17.1. The fraction of sp³-hybridized carbons (Fsp3) is 0.444. The van der Waals surface area contributed by atoms with E-state index >= 15 is 0 Å². The number of hydrogen-bond donors (Lipinski definition) is 2. The minimum absolute atomic E-state index is 0.0372. The zero-order valence-corrected chi connectivity index (χ0v) is 14.3. The van der Waals surface area contributed by atoms with Crippen molar-refractivity contribution in [1.82, 2.24) is 10.2 Å². The molecule has 1 heterocycles. The lowest BCUT2D eigenvalue weighted by molar-refractivity contribution is -0.116. The fourth-order valence-electron chi connectivity index (χ4n) is 2.44. The third-order valence-electron chi connectivity index (χ3n) is 3.69. The van der Waals surface area contributed by atoms with Crippen molar-refractivity contribution < 1.29 is 9.53 Å². The summed E-state index contributed by atoms with van der Waals surface area (Å²) in [5.74, 6) is 1.23. The molecule has 5 heteroatoms. The van der Waals surface area contributed by atoms with E-state index in [4.69, 9.17) is 4.74 Å². The molecule has 2 N–H and O–H groups in total. The highest BCUT2D eigenvalue weighted by molar-refractivity contribution is 5.92. The number of aromatic amines is 1. The number of methoxy groups -OCH3 is 1. The van der Waals surface area contributed by atoms with Gasteiger partial charge in [0.1, 0.15) is 5.75 Å². The van der Waals surface area contributed by atoms with Crippen molar-refractivity contribution in [3.05, 3.63) is 41.2 Å². The number of amides is 1. The predicted octanol–water partition coefficient (Wildman–Crippen LogP) is 3.50. The van der Waals surface area contributed by atoms with E-state index in [-0.39, 0.29) is 5.91 Å². The molecular weight excluding hydrogens is 290 g/mol. The average molecular weight is 315 g/mol. The second kappa shape index (κ2) is 7.81. The molecule has 0 saturated carbocycles. The molecule has 0 aliphatic carbocycles. The number of anilines is 1. The molecule has 0 unspecified atom stereocenters. The fourth-order valence-corrected chi connectivity index (χ4v) is 2.44. The molecule has 0 fully saturated rings. The highest BCUT2D eigenvalue weighted by Gasteiger charge is 2.14. The van der Waals surface area contributed by atoms with Crippen LogP contribution in [0.15, 0.2) is 24.3 Å². The topological polar surface area (TPSA) is 67.0 Å². The van der Waals surface area contributed by atoms with Gasteiger partial charge in [-0.3, -0.25) is 9.89 Å². The van der Waals surface area contributed by atoms with E-state index in [9.17, 15) is 4.79 Å². The number of ether oxygens (including phenoxy) is 1. The number of benzene rings is 1. The van der Waals surface area contributed by atoms with Crippen LogP contribution >= 0.6 is 0 Å². The summed E-state index contributed by atoms with van der Waals surface area (Å²) in [6.45, 7) is 5.99. The number of hydrogen-bond acceptors (Lipinski definition) is 3. The summed E-state index contributed by atoms with van der Waals surface area (Å²) in [5, 5.41) is 10.3. The summed E-state index contributed by atoms with van der Waals surface area (Å²) in [6.07, 6.45) is 2.15. The van der Waals surface area contributed by atoms with Crippen molar-refractivity contribution in [3.63, 3.8) is 0 Å². The van der Waals surface area contributed by atoms with Gasteiger partial charge in [-0.15, -0.1) is 0 Å². The second-order valence-corrected chi connectivity index (χ2v) is 6.16. The van der Waals surface area contributed by atoms with Crippen molar-refractivity contribution in [2.75, 3.05) is 12.4 Å². The Kier molecular flexibility index (Phi) is 5.79. The van der Waals surface area contributed by atoms with Gasteiger partial charge in [-0.2, -0.15) is 5.10 Å². The van der Waals surface area contributed by atoms with E-state index in [1.807, 2.05) is 32.9 Å². The van der Waals surface area contributed by atoms with Crippen LogP contribution in [0.1, 0.15) is 37.2 Å². The number of carbonyl (C=O) groups is 1. The van der Waals surface area contributed by atoms with Gasteiger partial charge in [-0.1, -0.05) is 26.0 Å². The van der Waals surface area contributed by atoms with Crippen LogP contribution in [0.3, 0.4) is 0 Å². The molecule has 0 aliphatic heterocycles. The van der Waals surface area contributed by atoms with Crippen LogP contribution in [0.4, 0.5) is 5.69 Å². The molecule has 2 aromatic rings. The van der Waals surface area contributed by atoms with Gasteiger partial charge in [-0.05, 0) is 43.4 Å². The SMILES string of the molecule is COc1ccc(CCc2n[nH]c(C)c2NC(=O)CC(C)C)cc1. The van der Waals surface area contributed by atoms with Gasteiger partial charge in [-0.25, -0.2) is 0 Å². The first-order valence-electron chi connectivity index (χ1n) is 7.96. The Balaban J connectivity index is 2.01. The third kappa shape index (κ3) is 4.84. The van der Waals surface area contributed by atoms with Gasteiger partial charge in [0, 0.05) is 6.42 Å². The minimum atomic E-state index is 0.0372. The molecule has 0 aliphatic rings. The molecular formula is C18H25N3O2. The molecule has 1 amide bonds. The maximum Gasteiger partial charge on any atom is 0.224 e. The van der Waals surface area contributed by atoms with Gasteiger partial charge in [0.25, 0.3) is 0 Å². The number of aromatic nitrogens is 2. The molecule has 0 bridgehead atoms. The normalized spacial score (nSPS) is 10.8. The summed E-state index contributed by atoms with van der Waals surface area (Å²) >= 11 is 0. The lowest BCUT2D eigenvalue weighted by Gasteiger charge is -2.09. The predicted molar refractivity (Wildman–Crippen MR) is 91.8 cm³/mol. The van der Waals surface area contributed by atoms with Crippen LogP contribution in [-0.4, -0.2) is 23.2 Å². The second-order valence-electron chi connectivity index (χ2n) is 6.16. The Hall–Kier alpha value is -2.30. The highest BCUT2D eigenvalue weighted by Crippen LogP contribution is 2.21. The Bertz CT molecular complexity index is 645. The van der Waals surface area contributed by atoms with Crippen LogP contribution in [0, 0.1) is 12.8 Å². The van der Waals surface area contributed by atoms with Gasteiger partial charge < -0.3 is 10.1 Å². The number of nitrogens with zero attached hydrogens (tertiary/aromatic N) is 1. The van der Waals surface area contributed by atoms with Crippen molar-refractivity contribution in [2.24, 2.45) is 5.92 Å². The van der Waals surface area contributed by atoms with Gasteiger partial charge in [0.05, 0.1) is 24.2 Å². The van der Waals surface area contributed by atoms with Crippen LogP contribution < -0.4 is 10.1 Å². The molecule has 2 rings (SSSR count). The standard InChI is InChI=1S/C18H25N3O2/c1-12(2)11-17(22)19-18-13(3)20-21-16(18)10-7-14-5-8-15(23-4)9-6-14/h5-6,8-9,12H,7,10-11H2,1-4H3,(H,19,22)(H,20,21). The molecule has 5 nitrogen and oxygen atoms in total. The zero-order valence-electron chi connectivity index (χ0n) is 14.3.